The molecule has 1 aromatic heterocycles. The molecule has 90 valence electrons. The van der Waals surface area contributed by atoms with Gasteiger partial charge in [-0.25, -0.2) is 4.79 Å². The van der Waals surface area contributed by atoms with Crippen molar-refractivity contribution in [3.63, 3.8) is 0 Å². The number of carbonyl (C=O) groups is 1. The molecule has 0 bridgehead atoms. The highest BCUT2D eigenvalue weighted by atomic mass is 35.5. The normalized spacial score (nSPS) is 9.62. The van der Waals surface area contributed by atoms with Gasteiger partial charge in [0, 0.05) is 24.4 Å². The predicted molar refractivity (Wildman–Crippen MR) is 62.1 cm³/mol. The Labute approximate surface area is 99.5 Å². The number of carboxylic acid groups (broad SMARTS) is 1. The van der Waals surface area contributed by atoms with E-state index in [0.717, 1.165) is 5.69 Å². The molecule has 0 saturated heterocycles. The Morgan fingerprint density at radius 3 is 2.62 bits per heavy atom. The van der Waals surface area contributed by atoms with Crippen LogP contribution in [0.15, 0.2) is 10.9 Å². The maximum Gasteiger partial charge on any atom is 0.347 e. The van der Waals surface area contributed by atoms with Crippen molar-refractivity contribution < 1.29 is 9.90 Å². The lowest BCUT2D eigenvalue weighted by atomic mass is 10.3. The van der Waals surface area contributed by atoms with Crippen LogP contribution in [0, 0.1) is 13.8 Å². The molecule has 0 spiro atoms. The summed E-state index contributed by atoms with van der Waals surface area (Å²) in [7, 11) is 0. The Hall–Kier alpha value is -1.36. The Balaban J connectivity index is 0.00000225. The highest BCUT2D eigenvalue weighted by Crippen LogP contribution is 1.99. The van der Waals surface area contributed by atoms with Crippen molar-refractivity contribution >= 4 is 18.4 Å². The van der Waals surface area contributed by atoms with Crippen molar-refractivity contribution in [2.75, 3.05) is 0 Å². The number of aryl methyl sites for hydroxylation is 2. The summed E-state index contributed by atoms with van der Waals surface area (Å²) in [6.45, 7) is 3.98. The first-order valence-corrected chi connectivity index (χ1v) is 4.77. The topological polar surface area (TPSA) is 72.2 Å². The lowest BCUT2D eigenvalue weighted by Gasteiger charge is -2.08. The maximum atomic E-state index is 11.4. The van der Waals surface area contributed by atoms with Gasteiger partial charge in [-0.15, -0.1) is 12.4 Å². The second-order valence-corrected chi connectivity index (χ2v) is 3.47. The van der Waals surface area contributed by atoms with Crippen LogP contribution in [0.25, 0.3) is 0 Å². The van der Waals surface area contributed by atoms with Gasteiger partial charge < -0.3 is 5.11 Å². The van der Waals surface area contributed by atoms with E-state index in [0.29, 0.717) is 18.7 Å². The molecule has 0 aliphatic carbocycles. The van der Waals surface area contributed by atoms with Crippen molar-refractivity contribution in [2.45, 2.75) is 33.2 Å². The van der Waals surface area contributed by atoms with Crippen LogP contribution in [0.2, 0.25) is 0 Å². The van der Waals surface area contributed by atoms with E-state index in [1.807, 2.05) is 13.0 Å². The number of halogens is 1. The molecule has 0 saturated carbocycles. The minimum atomic E-state index is -0.847. The van der Waals surface area contributed by atoms with Crippen LogP contribution in [0.5, 0.6) is 0 Å². The van der Waals surface area contributed by atoms with E-state index in [2.05, 4.69) is 4.98 Å². The third-order valence-electron chi connectivity index (χ3n) is 2.12. The average Bonchev–Trinajstić information content (AvgIpc) is 2.08. The minimum Gasteiger partial charge on any atom is -0.481 e. The summed E-state index contributed by atoms with van der Waals surface area (Å²) in [5, 5.41) is 8.47. The zero-order valence-corrected chi connectivity index (χ0v) is 10.1. The quantitative estimate of drug-likeness (QED) is 0.865. The van der Waals surface area contributed by atoms with Gasteiger partial charge in [0.25, 0.3) is 0 Å². The second kappa shape index (κ2) is 6.27. The largest absolute Gasteiger partial charge is 0.481 e. The van der Waals surface area contributed by atoms with Gasteiger partial charge in [-0.3, -0.25) is 9.36 Å². The van der Waals surface area contributed by atoms with E-state index >= 15 is 0 Å². The van der Waals surface area contributed by atoms with Crippen molar-refractivity contribution in [3.8, 4) is 0 Å². The molecule has 0 aliphatic rings. The van der Waals surface area contributed by atoms with Gasteiger partial charge in [0.05, 0.1) is 0 Å². The van der Waals surface area contributed by atoms with E-state index in [9.17, 15) is 9.59 Å². The molecular weight excluding hydrogens is 232 g/mol. The van der Waals surface area contributed by atoms with E-state index in [4.69, 9.17) is 5.11 Å². The van der Waals surface area contributed by atoms with E-state index in [-0.39, 0.29) is 24.5 Å². The first-order valence-electron chi connectivity index (χ1n) is 4.77. The molecule has 5 nitrogen and oxygen atoms in total. The number of rotatable bonds is 4. The van der Waals surface area contributed by atoms with E-state index in [1.165, 1.54) is 4.57 Å². The summed E-state index contributed by atoms with van der Waals surface area (Å²) >= 11 is 0. The lowest BCUT2D eigenvalue weighted by molar-refractivity contribution is -0.137. The molecule has 0 fully saturated rings. The van der Waals surface area contributed by atoms with Crippen LogP contribution in [0.3, 0.4) is 0 Å². The monoisotopic (exact) mass is 246 g/mol. The Bertz CT molecular complexity index is 429. The molecule has 6 heteroatoms. The van der Waals surface area contributed by atoms with Gasteiger partial charge in [0.1, 0.15) is 0 Å². The zero-order chi connectivity index (χ0) is 11.4. The SMILES string of the molecule is Cc1cc(C)n(CCCC(=O)O)c(=O)n1.Cl. The van der Waals surface area contributed by atoms with Gasteiger partial charge in [0.15, 0.2) is 0 Å². The number of aromatic nitrogens is 2. The van der Waals surface area contributed by atoms with Crippen LogP contribution in [0.1, 0.15) is 24.2 Å². The summed E-state index contributed by atoms with van der Waals surface area (Å²) in [4.78, 5) is 25.5. The Kier molecular flexibility index (Phi) is 5.74. The minimum absolute atomic E-state index is 0. The fraction of sp³-hybridized carbons (Fsp3) is 0.500. The average molecular weight is 247 g/mol. The second-order valence-electron chi connectivity index (χ2n) is 3.47. The molecule has 1 N–H and O–H groups in total. The summed E-state index contributed by atoms with van der Waals surface area (Å²) in [6, 6.07) is 1.81. The van der Waals surface area contributed by atoms with Crippen molar-refractivity contribution in [1.29, 1.82) is 0 Å². The number of hydrogen-bond acceptors (Lipinski definition) is 3. The molecule has 1 aromatic rings. The molecule has 0 radical (unpaired) electrons. The molecular formula is C10H15ClN2O3. The predicted octanol–water partition coefficient (Wildman–Crippen LogP) is 1.15. The number of carboxylic acids is 1. The fourth-order valence-corrected chi connectivity index (χ4v) is 1.43. The van der Waals surface area contributed by atoms with Gasteiger partial charge >= 0.3 is 11.7 Å². The highest BCUT2D eigenvalue weighted by molar-refractivity contribution is 5.85. The first kappa shape index (κ1) is 14.6. The van der Waals surface area contributed by atoms with Crippen LogP contribution < -0.4 is 5.69 Å². The Morgan fingerprint density at radius 1 is 1.50 bits per heavy atom. The zero-order valence-electron chi connectivity index (χ0n) is 9.27. The van der Waals surface area contributed by atoms with Gasteiger partial charge in [-0.1, -0.05) is 0 Å². The molecule has 0 aromatic carbocycles. The van der Waals surface area contributed by atoms with Gasteiger partial charge in [0.2, 0.25) is 0 Å². The molecule has 1 rings (SSSR count). The number of hydrogen-bond donors (Lipinski definition) is 1. The van der Waals surface area contributed by atoms with Crippen LogP contribution in [-0.4, -0.2) is 20.6 Å². The summed E-state index contributed by atoms with van der Waals surface area (Å²) in [5.41, 5.74) is 1.20. The molecule has 0 amide bonds. The fourth-order valence-electron chi connectivity index (χ4n) is 1.43. The summed E-state index contributed by atoms with van der Waals surface area (Å²) in [6.07, 6.45) is 0.514. The Morgan fingerprint density at radius 2 is 2.12 bits per heavy atom. The van der Waals surface area contributed by atoms with Crippen LogP contribution in [-0.2, 0) is 11.3 Å². The van der Waals surface area contributed by atoms with E-state index < -0.39 is 5.97 Å². The van der Waals surface area contributed by atoms with Crippen molar-refractivity contribution in [3.05, 3.63) is 27.9 Å². The number of nitrogens with zero attached hydrogens (tertiary/aromatic N) is 2. The smallest absolute Gasteiger partial charge is 0.347 e. The standard InChI is InChI=1S/C10H14N2O3.ClH/c1-7-6-8(2)12(10(15)11-7)5-3-4-9(13)14;/h6H,3-5H2,1-2H3,(H,13,14);1H. The van der Waals surface area contributed by atoms with Crippen molar-refractivity contribution in [2.24, 2.45) is 0 Å². The molecule has 1 heterocycles. The van der Waals surface area contributed by atoms with Gasteiger partial charge in [-0.05, 0) is 26.3 Å². The summed E-state index contributed by atoms with van der Waals surface area (Å²) < 4.78 is 1.50. The molecule has 0 aliphatic heterocycles. The molecule has 0 unspecified atom stereocenters. The third-order valence-corrected chi connectivity index (χ3v) is 2.12. The number of aliphatic carboxylic acids is 1. The first-order chi connectivity index (χ1) is 7.00. The maximum absolute atomic E-state index is 11.4. The third kappa shape index (κ3) is 4.02. The highest BCUT2D eigenvalue weighted by Gasteiger charge is 2.03. The van der Waals surface area contributed by atoms with Crippen molar-refractivity contribution in [1.82, 2.24) is 9.55 Å². The lowest BCUT2D eigenvalue weighted by Crippen LogP contribution is -2.25. The summed E-state index contributed by atoms with van der Waals surface area (Å²) in [5.74, 6) is -0.847. The molecule has 0 atom stereocenters. The van der Waals surface area contributed by atoms with Gasteiger partial charge in [-0.2, -0.15) is 4.98 Å². The van der Waals surface area contributed by atoms with E-state index in [1.54, 1.807) is 6.92 Å². The van der Waals surface area contributed by atoms with Crippen LogP contribution in [0.4, 0.5) is 0 Å². The molecule has 16 heavy (non-hydrogen) atoms. The van der Waals surface area contributed by atoms with Crippen LogP contribution >= 0.6 is 12.4 Å².